The fraction of sp³-hybridized carbons (Fsp3) is 0.478. The van der Waals surface area contributed by atoms with E-state index in [0.717, 1.165) is 0 Å². The van der Waals surface area contributed by atoms with E-state index in [0.29, 0.717) is 5.56 Å². The van der Waals surface area contributed by atoms with Crippen LogP contribution in [0.4, 0.5) is 10.5 Å². The molecule has 0 aliphatic heterocycles. The number of aromatic hydroxyl groups is 1. The predicted octanol–water partition coefficient (Wildman–Crippen LogP) is -0.536. The lowest BCUT2D eigenvalue weighted by molar-refractivity contribution is -0.178. The van der Waals surface area contributed by atoms with Gasteiger partial charge in [0.1, 0.15) is 17.4 Å². The highest BCUT2D eigenvalue weighted by Crippen LogP contribution is 2.53. The first-order chi connectivity index (χ1) is 16.4. The summed E-state index contributed by atoms with van der Waals surface area (Å²) in [5.41, 5.74) is 2.75. The number of amides is 2. The number of aliphatic hydroxyl groups excluding tert-OH is 2. The number of Topliss-reactive ketones (excluding diaryl/α,β-unsaturated/α-hetero) is 2. The van der Waals surface area contributed by atoms with Gasteiger partial charge in [-0.1, -0.05) is 0 Å². The number of carbonyl (C=O) groups is 4. The van der Waals surface area contributed by atoms with Crippen LogP contribution in [-0.2, 0) is 20.7 Å². The molecule has 12 heteroatoms. The average molecular weight is 489 g/mol. The second-order valence-electron chi connectivity index (χ2n) is 9.39. The van der Waals surface area contributed by atoms with Crippen molar-refractivity contribution in [3.8, 4) is 5.75 Å². The number of hydrogen-bond acceptors (Lipinski definition) is 10. The summed E-state index contributed by atoms with van der Waals surface area (Å²) in [5, 5.41) is 46.6. The Morgan fingerprint density at radius 3 is 2.46 bits per heavy atom. The monoisotopic (exact) mass is 489 g/mol. The zero-order valence-electron chi connectivity index (χ0n) is 19.3. The van der Waals surface area contributed by atoms with Crippen molar-refractivity contribution in [3.05, 3.63) is 34.6 Å². The number of aliphatic hydroxyl groups is 3. The highest BCUT2D eigenvalue weighted by Gasteiger charge is 2.66. The number of ketones is 2. The highest BCUT2D eigenvalue weighted by molar-refractivity contribution is 6.16. The van der Waals surface area contributed by atoms with Crippen LogP contribution >= 0.6 is 0 Å². The third kappa shape index (κ3) is 3.39. The van der Waals surface area contributed by atoms with Gasteiger partial charge in [-0.3, -0.25) is 19.7 Å². The maximum atomic E-state index is 13.5. The number of primary amides is 1. The van der Waals surface area contributed by atoms with Crippen LogP contribution in [0.1, 0.15) is 22.3 Å². The van der Waals surface area contributed by atoms with E-state index < -0.39 is 70.6 Å². The van der Waals surface area contributed by atoms with E-state index >= 15 is 0 Å². The second-order valence-corrected chi connectivity index (χ2v) is 9.39. The van der Waals surface area contributed by atoms with Gasteiger partial charge in [-0.2, -0.15) is 0 Å². The van der Waals surface area contributed by atoms with E-state index in [2.05, 4.69) is 10.1 Å². The Morgan fingerprint density at radius 2 is 1.89 bits per heavy atom. The van der Waals surface area contributed by atoms with Crippen LogP contribution in [-0.4, -0.2) is 87.8 Å². The number of phenolic OH excluding ortho intramolecular Hbond substituents is 1. The maximum absolute atomic E-state index is 13.5. The molecule has 3 aliphatic carbocycles. The molecule has 3 aliphatic rings. The Morgan fingerprint density at radius 1 is 1.23 bits per heavy atom. The number of rotatable bonds is 3. The normalized spacial score (nSPS) is 32.0. The molecule has 1 aromatic carbocycles. The summed E-state index contributed by atoms with van der Waals surface area (Å²) < 4.78 is 4.61. The van der Waals surface area contributed by atoms with Crippen molar-refractivity contribution < 1.29 is 44.3 Å². The number of nitrogens with one attached hydrogen (secondary N) is 1. The van der Waals surface area contributed by atoms with Gasteiger partial charge in [0, 0.05) is 23.2 Å². The van der Waals surface area contributed by atoms with Crippen LogP contribution in [0.3, 0.4) is 0 Å². The minimum atomic E-state index is -2.65. The lowest BCUT2D eigenvalue weighted by atomic mass is 9.56. The summed E-state index contributed by atoms with van der Waals surface area (Å²) in [6, 6.07) is 1.63. The van der Waals surface area contributed by atoms with Gasteiger partial charge in [-0.05, 0) is 50.6 Å². The zero-order valence-corrected chi connectivity index (χ0v) is 19.3. The molecule has 35 heavy (non-hydrogen) atoms. The number of nitrogens with zero attached hydrogens (tertiary/aromatic N) is 1. The average Bonchev–Trinajstić information content (AvgIpc) is 2.77. The van der Waals surface area contributed by atoms with Crippen molar-refractivity contribution in [2.24, 2.45) is 23.5 Å². The van der Waals surface area contributed by atoms with Crippen molar-refractivity contribution in [3.63, 3.8) is 0 Å². The molecular weight excluding hydrogens is 462 g/mol. The minimum absolute atomic E-state index is 0.0223. The number of likely N-dealkylation sites (N-methyl/N-ethyl adjacent to an activating group) is 1. The molecule has 6 atom stereocenters. The molecule has 0 radical (unpaired) electrons. The van der Waals surface area contributed by atoms with E-state index in [1.807, 2.05) is 0 Å². The van der Waals surface area contributed by atoms with Crippen molar-refractivity contribution in [1.29, 1.82) is 0 Å². The van der Waals surface area contributed by atoms with Gasteiger partial charge in [0.25, 0.3) is 0 Å². The van der Waals surface area contributed by atoms with E-state index in [9.17, 15) is 39.6 Å². The topological polar surface area (TPSA) is 200 Å². The van der Waals surface area contributed by atoms with Crippen molar-refractivity contribution in [1.82, 2.24) is 4.90 Å². The molecule has 188 valence electrons. The quantitative estimate of drug-likeness (QED) is 0.237. The smallest absolute Gasteiger partial charge is 0.411 e. The molecule has 1 aromatic rings. The molecule has 0 saturated heterocycles. The van der Waals surface area contributed by atoms with Crippen molar-refractivity contribution >= 4 is 29.3 Å². The van der Waals surface area contributed by atoms with Gasteiger partial charge in [0.2, 0.25) is 5.91 Å². The fourth-order valence-electron chi connectivity index (χ4n) is 5.88. The summed E-state index contributed by atoms with van der Waals surface area (Å²) in [5.74, 6) is -8.15. The molecule has 0 aromatic heterocycles. The van der Waals surface area contributed by atoms with Crippen LogP contribution in [0.15, 0.2) is 23.5 Å². The highest BCUT2D eigenvalue weighted by atomic mass is 16.5. The zero-order chi connectivity index (χ0) is 26.0. The number of fused-ring (bicyclic) bond motifs is 3. The molecule has 0 bridgehead atoms. The number of benzene rings is 1. The Balaban J connectivity index is 1.91. The van der Waals surface area contributed by atoms with Gasteiger partial charge >= 0.3 is 6.09 Å². The fourth-order valence-corrected chi connectivity index (χ4v) is 5.88. The van der Waals surface area contributed by atoms with E-state index in [1.165, 1.54) is 24.1 Å². The number of methoxy groups -OCH3 is 1. The Hall–Kier alpha value is -3.48. The minimum Gasteiger partial charge on any atom is -0.508 e. The largest absolute Gasteiger partial charge is 0.508 e. The van der Waals surface area contributed by atoms with Crippen LogP contribution in [0.5, 0.6) is 5.75 Å². The molecule has 4 rings (SSSR count). The third-order valence-corrected chi connectivity index (χ3v) is 7.40. The van der Waals surface area contributed by atoms with Gasteiger partial charge in [0.05, 0.1) is 18.8 Å². The lowest BCUT2D eigenvalue weighted by Gasteiger charge is -2.53. The summed E-state index contributed by atoms with van der Waals surface area (Å²) in [6.07, 6.45) is -2.31. The standard InChI is InChI=1S/C23H27N3O9/c1-26(2)16-10-7-8-6-9-11(25-22(33)35-3)4-5-12(27)14(9)17(28)13(8)19(30)23(10,34)20(31)15(18(16)29)21(24)32/h4-5,8,10,15-16,18,27,29-30,34H,6-7H2,1-3H3,(H2,24,32)(H,25,33)/t8-,10-,15?,16-,18?,23-/m0/s1. The van der Waals surface area contributed by atoms with Crippen molar-refractivity contribution in [2.45, 2.75) is 30.6 Å². The molecule has 7 N–H and O–H groups in total. The van der Waals surface area contributed by atoms with Gasteiger partial charge in [-0.25, -0.2) is 4.79 Å². The van der Waals surface area contributed by atoms with Gasteiger partial charge < -0.3 is 35.8 Å². The summed E-state index contributed by atoms with van der Waals surface area (Å²) in [6.45, 7) is 0. The summed E-state index contributed by atoms with van der Waals surface area (Å²) in [4.78, 5) is 52.1. The molecule has 2 amide bonds. The Bertz CT molecular complexity index is 1180. The van der Waals surface area contributed by atoms with E-state index in [4.69, 9.17) is 5.73 Å². The summed E-state index contributed by atoms with van der Waals surface area (Å²) in [7, 11) is 4.33. The Kier molecular flexibility index (Phi) is 5.86. The number of ether oxygens (including phenoxy) is 1. The number of nitrogens with two attached hydrogens (primary N) is 1. The first-order valence-corrected chi connectivity index (χ1v) is 10.9. The summed E-state index contributed by atoms with van der Waals surface area (Å²) >= 11 is 0. The molecule has 12 nitrogen and oxygen atoms in total. The molecule has 0 spiro atoms. The van der Waals surface area contributed by atoms with Gasteiger partial charge in [-0.15, -0.1) is 0 Å². The van der Waals surface area contributed by atoms with Crippen LogP contribution < -0.4 is 11.1 Å². The number of allylic oxidation sites excluding steroid dienone is 1. The van der Waals surface area contributed by atoms with Crippen LogP contribution in [0.25, 0.3) is 0 Å². The van der Waals surface area contributed by atoms with Crippen molar-refractivity contribution in [2.75, 3.05) is 26.5 Å². The molecule has 1 fully saturated rings. The first-order valence-electron chi connectivity index (χ1n) is 10.9. The van der Waals surface area contributed by atoms with Gasteiger partial charge in [0.15, 0.2) is 17.2 Å². The maximum Gasteiger partial charge on any atom is 0.411 e. The SMILES string of the molecule is COC(=O)Nc1ccc(O)c2c1C[C@H]1C[C@H]3[C@H](N(C)C)C(O)C(C(N)=O)C(=O)[C@@]3(O)C(O)=C1C2=O. The number of anilines is 1. The van der Waals surface area contributed by atoms with E-state index in [1.54, 1.807) is 14.1 Å². The Labute approximate surface area is 200 Å². The molecule has 1 saturated carbocycles. The lowest BCUT2D eigenvalue weighted by Crippen LogP contribution is -2.71. The number of hydrogen-bond donors (Lipinski definition) is 6. The van der Waals surface area contributed by atoms with Crippen LogP contribution in [0, 0.1) is 17.8 Å². The third-order valence-electron chi connectivity index (χ3n) is 7.40. The predicted molar refractivity (Wildman–Crippen MR) is 120 cm³/mol. The molecule has 2 unspecified atom stereocenters. The second kappa shape index (κ2) is 8.33. The molecule has 0 heterocycles. The molecular formula is C23H27N3O9. The number of carbonyl (C=O) groups excluding carboxylic acids is 4. The first kappa shape index (κ1) is 24.6. The van der Waals surface area contributed by atoms with E-state index in [-0.39, 0.29) is 29.7 Å². The van der Waals surface area contributed by atoms with Crippen LogP contribution in [0.2, 0.25) is 0 Å². The number of phenols is 1.